The summed E-state index contributed by atoms with van der Waals surface area (Å²) in [5, 5.41) is 13.7. The summed E-state index contributed by atoms with van der Waals surface area (Å²) < 4.78 is 13.8. The maximum absolute atomic E-state index is 13.8. The zero-order valence-electron chi connectivity index (χ0n) is 13.2. The summed E-state index contributed by atoms with van der Waals surface area (Å²) in [5.41, 5.74) is 1.23. The number of aryl methyl sites for hydroxylation is 1. The van der Waals surface area contributed by atoms with E-state index in [-0.39, 0.29) is 35.4 Å². The Morgan fingerprint density at radius 3 is 2.33 bits per heavy atom. The number of nitrogens with one attached hydrogen (secondary N) is 1. The van der Waals surface area contributed by atoms with Crippen molar-refractivity contribution in [3.05, 3.63) is 29.1 Å². The van der Waals surface area contributed by atoms with Crippen LogP contribution in [-0.4, -0.2) is 36.2 Å². The maximum atomic E-state index is 13.8. The molecular formula is C16H26ClFN2O. The zero-order valence-corrected chi connectivity index (χ0v) is 14.1. The number of halogens is 2. The van der Waals surface area contributed by atoms with Crippen molar-refractivity contribution >= 4 is 12.4 Å². The third-order valence-corrected chi connectivity index (χ3v) is 3.93. The Kier molecular flexibility index (Phi) is 6.02. The second-order valence-corrected chi connectivity index (χ2v) is 6.72. The summed E-state index contributed by atoms with van der Waals surface area (Å²) in [6.07, 6.45) is 0. The molecule has 2 rings (SSSR count). The average Bonchev–Trinajstić information content (AvgIpc) is 2.35. The first kappa shape index (κ1) is 18.2. The van der Waals surface area contributed by atoms with Gasteiger partial charge in [0.1, 0.15) is 11.6 Å². The number of phenols is 1. The van der Waals surface area contributed by atoms with Crippen LogP contribution < -0.4 is 5.32 Å². The lowest BCUT2D eigenvalue weighted by Crippen LogP contribution is -2.48. The lowest BCUT2D eigenvalue weighted by atomic mass is 9.80. The fourth-order valence-electron chi connectivity index (χ4n) is 3.12. The molecule has 1 aliphatic heterocycles. The quantitative estimate of drug-likeness (QED) is 0.879. The van der Waals surface area contributed by atoms with Gasteiger partial charge in [-0.2, -0.15) is 0 Å². The van der Waals surface area contributed by atoms with Crippen LogP contribution in [0.2, 0.25) is 0 Å². The first-order valence-corrected chi connectivity index (χ1v) is 7.24. The smallest absolute Gasteiger partial charge is 0.124 e. The Labute approximate surface area is 132 Å². The molecule has 0 aliphatic carbocycles. The van der Waals surface area contributed by atoms with E-state index in [1.807, 2.05) is 0 Å². The second kappa shape index (κ2) is 6.95. The van der Waals surface area contributed by atoms with Crippen LogP contribution >= 0.6 is 12.4 Å². The zero-order chi connectivity index (χ0) is 14.9. The predicted octanol–water partition coefficient (Wildman–Crippen LogP) is 3.25. The van der Waals surface area contributed by atoms with Crippen LogP contribution in [0.1, 0.15) is 37.9 Å². The highest BCUT2D eigenvalue weighted by atomic mass is 35.5. The minimum Gasteiger partial charge on any atom is -0.507 e. The lowest BCUT2D eigenvalue weighted by molar-refractivity contribution is 0.0839. The molecule has 1 fully saturated rings. The largest absolute Gasteiger partial charge is 0.507 e. The highest BCUT2D eigenvalue weighted by molar-refractivity contribution is 5.85. The maximum Gasteiger partial charge on any atom is 0.124 e. The Morgan fingerprint density at radius 1 is 1.24 bits per heavy atom. The van der Waals surface area contributed by atoms with Gasteiger partial charge in [0.15, 0.2) is 0 Å². The van der Waals surface area contributed by atoms with Crippen molar-refractivity contribution in [3.8, 4) is 5.75 Å². The van der Waals surface area contributed by atoms with Gasteiger partial charge in [-0.1, -0.05) is 20.8 Å². The molecule has 21 heavy (non-hydrogen) atoms. The van der Waals surface area contributed by atoms with Crippen LogP contribution in [0, 0.1) is 18.2 Å². The molecule has 0 radical (unpaired) electrons. The second-order valence-electron chi connectivity index (χ2n) is 6.72. The number of benzene rings is 1. The molecule has 5 heteroatoms. The molecule has 1 aliphatic rings. The topological polar surface area (TPSA) is 35.5 Å². The monoisotopic (exact) mass is 316 g/mol. The number of hydrogen-bond donors (Lipinski definition) is 2. The normalized spacial score (nSPS) is 18.1. The highest BCUT2D eigenvalue weighted by Gasteiger charge is 2.34. The van der Waals surface area contributed by atoms with Crippen molar-refractivity contribution in [1.82, 2.24) is 10.2 Å². The van der Waals surface area contributed by atoms with Crippen LogP contribution in [0.3, 0.4) is 0 Å². The van der Waals surface area contributed by atoms with Gasteiger partial charge in [-0.25, -0.2) is 4.39 Å². The number of rotatable bonds is 2. The molecule has 1 heterocycles. The van der Waals surface area contributed by atoms with E-state index in [4.69, 9.17) is 0 Å². The lowest BCUT2D eigenvalue weighted by Gasteiger charge is -2.43. The van der Waals surface area contributed by atoms with Crippen molar-refractivity contribution < 1.29 is 9.50 Å². The molecule has 0 unspecified atom stereocenters. The molecule has 120 valence electrons. The molecule has 0 spiro atoms. The fourth-order valence-corrected chi connectivity index (χ4v) is 3.12. The molecule has 1 aromatic rings. The van der Waals surface area contributed by atoms with E-state index in [1.165, 1.54) is 12.1 Å². The third kappa shape index (κ3) is 4.09. The molecular weight excluding hydrogens is 291 g/mol. The Bertz CT molecular complexity index is 482. The van der Waals surface area contributed by atoms with E-state index < -0.39 is 0 Å². The fraction of sp³-hybridized carbons (Fsp3) is 0.625. The van der Waals surface area contributed by atoms with Crippen LogP contribution in [-0.2, 0) is 0 Å². The highest BCUT2D eigenvalue weighted by Crippen LogP contribution is 2.42. The van der Waals surface area contributed by atoms with E-state index >= 15 is 0 Å². The van der Waals surface area contributed by atoms with Crippen LogP contribution in [0.4, 0.5) is 4.39 Å². The molecule has 1 saturated heterocycles. The first-order chi connectivity index (χ1) is 9.30. The standard InChI is InChI=1S/C16H25FN2O.ClH/c1-11-9-12(17)10-13(14(11)20)15(16(2,3)4)19-7-5-18-6-8-19;/h9-10,15,18,20H,5-8H2,1-4H3;1H/t15-;/m0./s1. The van der Waals surface area contributed by atoms with Gasteiger partial charge in [0, 0.05) is 37.8 Å². The molecule has 0 amide bonds. The average molecular weight is 317 g/mol. The summed E-state index contributed by atoms with van der Waals surface area (Å²) in [5.74, 6) is -0.0513. The van der Waals surface area contributed by atoms with Crippen molar-refractivity contribution in [2.24, 2.45) is 5.41 Å². The van der Waals surface area contributed by atoms with Crippen LogP contribution in [0.15, 0.2) is 12.1 Å². The van der Waals surface area contributed by atoms with E-state index in [1.54, 1.807) is 6.92 Å². The Morgan fingerprint density at radius 2 is 1.81 bits per heavy atom. The number of phenolic OH excluding ortho intramolecular Hbond substituents is 1. The summed E-state index contributed by atoms with van der Waals surface area (Å²) in [4.78, 5) is 2.34. The molecule has 1 aromatic carbocycles. The van der Waals surface area contributed by atoms with E-state index in [0.717, 1.165) is 26.2 Å². The van der Waals surface area contributed by atoms with Gasteiger partial charge in [0.05, 0.1) is 0 Å². The van der Waals surface area contributed by atoms with E-state index in [0.29, 0.717) is 11.1 Å². The predicted molar refractivity (Wildman–Crippen MR) is 86.7 cm³/mol. The number of hydrogen-bond acceptors (Lipinski definition) is 3. The van der Waals surface area contributed by atoms with Gasteiger partial charge < -0.3 is 10.4 Å². The van der Waals surface area contributed by atoms with Gasteiger partial charge in [-0.05, 0) is 30.0 Å². The van der Waals surface area contributed by atoms with Gasteiger partial charge in [-0.3, -0.25) is 4.90 Å². The SMILES string of the molecule is Cc1cc(F)cc([C@H](N2CCNCC2)C(C)(C)C)c1O.Cl. The van der Waals surface area contributed by atoms with Crippen molar-refractivity contribution in [3.63, 3.8) is 0 Å². The molecule has 1 atom stereocenters. The molecule has 3 nitrogen and oxygen atoms in total. The summed E-state index contributed by atoms with van der Waals surface area (Å²) in [7, 11) is 0. The first-order valence-electron chi connectivity index (χ1n) is 7.24. The van der Waals surface area contributed by atoms with Crippen LogP contribution in [0.5, 0.6) is 5.75 Å². The minimum absolute atomic E-state index is 0. The molecule has 0 bridgehead atoms. The molecule has 0 saturated carbocycles. The minimum atomic E-state index is -0.278. The van der Waals surface area contributed by atoms with Crippen molar-refractivity contribution in [2.45, 2.75) is 33.7 Å². The van der Waals surface area contributed by atoms with E-state index in [9.17, 15) is 9.50 Å². The Balaban J connectivity index is 0.00000220. The Hall–Kier alpha value is -0.840. The summed E-state index contributed by atoms with van der Waals surface area (Å²) in [6, 6.07) is 2.88. The number of nitrogens with zero attached hydrogens (tertiary/aromatic N) is 1. The van der Waals surface area contributed by atoms with E-state index in [2.05, 4.69) is 31.0 Å². The number of piperazine rings is 1. The van der Waals surface area contributed by atoms with Crippen molar-refractivity contribution in [2.75, 3.05) is 26.2 Å². The van der Waals surface area contributed by atoms with Gasteiger partial charge >= 0.3 is 0 Å². The third-order valence-electron chi connectivity index (χ3n) is 3.93. The van der Waals surface area contributed by atoms with Gasteiger partial charge in [0.2, 0.25) is 0 Å². The van der Waals surface area contributed by atoms with Gasteiger partial charge in [-0.15, -0.1) is 12.4 Å². The number of aromatic hydroxyl groups is 1. The van der Waals surface area contributed by atoms with Crippen molar-refractivity contribution in [1.29, 1.82) is 0 Å². The molecule has 2 N–H and O–H groups in total. The van der Waals surface area contributed by atoms with Crippen LogP contribution in [0.25, 0.3) is 0 Å². The summed E-state index contributed by atoms with van der Waals surface area (Å²) >= 11 is 0. The van der Waals surface area contributed by atoms with Gasteiger partial charge in [0.25, 0.3) is 0 Å². The summed E-state index contributed by atoms with van der Waals surface area (Å²) in [6.45, 7) is 11.9. The molecule has 0 aromatic heterocycles.